The van der Waals surface area contributed by atoms with Gasteiger partial charge in [-0.05, 0) is 63.2 Å². The molecule has 6 nitrogen and oxygen atoms in total. The molecule has 8 heteroatoms. The van der Waals surface area contributed by atoms with Crippen molar-refractivity contribution in [2.45, 2.75) is 64.8 Å². The molecule has 0 aromatic carbocycles. The number of thiocarbonyl (C=S) groups is 1. The molecule has 0 aliphatic heterocycles. The lowest BCUT2D eigenvalue weighted by molar-refractivity contribution is -0.117. The third-order valence-electron chi connectivity index (χ3n) is 5.16. The number of nitrogens with one attached hydrogen (secondary N) is 4. The maximum absolute atomic E-state index is 13.0. The lowest BCUT2D eigenvalue weighted by Crippen LogP contribution is -2.44. The van der Waals surface area contributed by atoms with Crippen molar-refractivity contribution in [1.82, 2.24) is 16.0 Å². The van der Waals surface area contributed by atoms with Gasteiger partial charge in [0.05, 0.1) is 5.56 Å². The van der Waals surface area contributed by atoms with Crippen molar-refractivity contribution < 1.29 is 9.59 Å². The van der Waals surface area contributed by atoms with Crippen LogP contribution in [0.3, 0.4) is 0 Å². The maximum Gasteiger partial charge on any atom is 0.254 e. The summed E-state index contributed by atoms with van der Waals surface area (Å²) in [6.07, 6.45) is 6.47. The smallest absolute Gasteiger partial charge is 0.254 e. The Morgan fingerprint density at radius 1 is 1.18 bits per heavy atom. The Balaban J connectivity index is 1.79. The number of hydrogen-bond acceptors (Lipinski definition) is 4. The lowest BCUT2D eigenvalue weighted by atomic mass is 9.91. The van der Waals surface area contributed by atoms with Gasteiger partial charge < -0.3 is 21.3 Å². The van der Waals surface area contributed by atoms with Crippen LogP contribution in [-0.2, 0) is 17.6 Å². The fourth-order valence-electron chi connectivity index (χ4n) is 3.46. The SMILES string of the molecule is CCCCNC(=O)c1c(NC(=O)C2CC2)sc2c1CC(NC(=S)NCC)CC2. The van der Waals surface area contributed by atoms with Crippen molar-refractivity contribution in [3.63, 3.8) is 0 Å². The minimum absolute atomic E-state index is 0.0456. The summed E-state index contributed by atoms with van der Waals surface area (Å²) in [7, 11) is 0. The Labute approximate surface area is 176 Å². The Kier molecular flexibility index (Phi) is 7.29. The van der Waals surface area contributed by atoms with Crippen LogP contribution in [0, 0.1) is 5.92 Å². The van der Waals surface area contributed by atoms with E-state index in [1.165, 1.54) is 4.88 Å². The molecular weight excluding hydrogens is 392 g/mol. The molecule has 0 bridgehead atoms. The summed E-state index contributed by atoms with van der Waals surface area (Å²) in [6.45, 7) is 5.55. The van der Waals surface area contributed by atoms with E-state index in [2.05, 4.69) is 28.2 Å². The molecule has 0 spiro atoms. The molecular formula is C20H30N4O2S2. The molecule has 154 valence electrons. The number of hydrogen-bond donors (Lipinski definition) is 4. The van der Waals surface area contributed by atoms with Gasteiger partial charge in [-0.15, -0.1) is 11.3 Å². The van der Waals surface area contributed by atoms with Crippen molar-refractivity contribution in [2.75, 3.05) is 18.4 Å². The zero-order valence-corrected chi connectivity index (χ0v) is 18.3. The van der Waals surface area contributed by atoms with Crippen LogP contribution in [0.1, 0.15) is 66.8 Å². The summed E-state index contributed by atoms with van der Waals surface area (Å²) in [5.74, 6) is 0.0817. The molecule has 1 aromatic rings. The second-order valence-electron chi connectivity index (χ2n) is 7.52. The van der Waals surface area contributed by atoms with Gasteiger partial charge in [-0.2, -0.15) is 0 Å². The maximum atomic E-state index is 13.0. The van der Waals surface area contributed by atoms with Gasteiger partial charge in [0.2, 0.25) is 5.91 Å². The highest BCUT2D eigenvalue weighted by Crippen LogP contribution is 2.39. The van der Waals surface area contributed by atoms with Crippen LogP contribution in [0.4, 0.5) is 5.00 Å². The van der Waals surface area contributed by atoms with E-state index in [0.29, 0.717) is 22.2 Å². The van der Waals surface area contributed by atoms with Crippen molar-refractivity contribution in [3.05, 3.63) is 16.0 Å². The average Bonchev–Trinajstić information content (AvgIpc) is 3.44. The van der Waals surface area contributed by atoms with Crippen LogP contribution in [0.25, 0.3) is 0 Å². The first-order valence-corrected chi connectivity index (χ1v) is 11.5. The molecule has 1 atom stereocenters. The van der Waals surface area contributed by atoms with Crippen molar-refractivity contribution in [3.8, 4) is 0 Å². The Morgan fingerprint density at radius 2 is 1.96 bits per heavy atom. The summed E-state index contributed by atoms with van der Waals surface area (Å²) < 4.78 is 0. The minimum Gasteiger partial charge on any atom is -0.363 e. The van der Waals surface area contributed by atoms with E-state index >= 15 is 0 Å². The predicted molar refractivity (Wildman–Crippen MR) is 118 cm³/mol. The highest BCUT2D eigenvalue weighted by Gasteiger charge is 2.33. The number of fused-ring (bicyclic) bond motifs is 1. The highest BCUT2D eigenvalue weighted by molar-refractivity contribution is 7.80. The number of amides is 2. The van der Waals surface area contributed by atoms with Gasteiger partial charge in [0.1, 0.15) is 5.00 Å². The quantitative estimate of drug-likeness (QED) is 0.382. The molecule has 1 saturated carbocycles. The van der Waals surface area contributed by atoms with Crippen LogP contribution < -0.4 is 21.3 Å². The zero-order valence-electron chi connectivity index (χ0n) is 16.7. The number of carbonyl (C=O) groups excluding carboxylic acids is 2. The molecule has 28 heavy (non-hydrogen) atoms. The highest BCUT2D eigenvalue weighted by atomic mass is 32.1. The fourth-order valence-corrected chi connectivity index (χ4v) is 5.01. The molecule has 3 rings (SSSR count). The monoisotopic (exact) mass is 422 g/mol. The van der Waals surface area contributed by atoms with Gasteiger partial charge in [-0.25, -0.2) is 0 Å². The summed E-state index contributed by atoms with van der Waals surface area (Å²) in [5.41, 5.74) is 1.72. The first kappa shape index (κ1) is 21.0. The molecule has 0 saturated heterocycles. The third kappa shape index (κ3) is 5.23. The molecule has 0 radical (unpaired) electrons. The van der Waals surface area contributed by atoms with E-state index in [1.54, 1.807) is 11.3 Å². The molecule has 4 N–H and O–H groups in total. The standard InChI is InChI=1S/C20H30N4O2S2/c1-3-5-10-22-18(26)16-14-11-13(23-20(27)21-4-2)8-9-15(14)28-19(16)24-17(25)12-6-7-12/h12-13H,3-11H2,1-2H3,(H,22,26)(H,24,25)(H2,21,23,27). The molecule has 1 unspecified atom stereocenters. The largest absolute Gasteiger partial charge is 0.363 e. The Bertz CT molecular complexity index is 743. The normalized spacial score (nSPS) is 18.1. The molecule has 2 amide bonds. The molecule has 2 aliphatic rings. The van der Waals surface area contributed by atoms with Crippen LogP contribution >= 0.6 is 23.6 Å². The summed E-state index contributed by atoms with van der Waals surface area (Å²) in [4.78, 5) is 26.5. The van der Waals surface area contributed by atoms with Crippen LogP contribution in [0.2, 0.25) is 0 Å². The van der Waals surface area contributed by atoms with Crippen molar-refractivity contribution in [2.24, 2.45) is 5.92 Å². The lowest BCUT2D eigenvalue weighted by Gasteiger charge is -2.25. The van der Waals surface area contributed by atoms with Crippen LogP contribution in [0.15, 0.2) is 0 Å². The topological polar surface area (TPSA) is 82.3 Å². The van der Waals surface area contributed by atoms with Gasteiger partial charge >= 0.3 is 0 Å². The second-order valence-corrected chi connectivity index (χ2v) is 9.04. The average molecular weight is 423 g/mol. The van der Waals surface area contributed by atoms with Gasteiger partial charge in [-0.3, -0.25) is 9.59 Å². The molecule has 1 heterocycles. The van der Waals surface area contributed by atoms with E-state index in [-0.39, 0.29) is 23.8 Å². The van der Waals surface area contributed by atoms with Crippen molar-refractivity contribution in [1.29, 1.82) is 0 Å². The van der Waals surface area contributed by atoms with E-state index < -0.39 is 0 Å². The number of thiophene rings is 1. The minimum atomic E-state index is -0.0769. The Hall–Kier alpha value is -1.67. The summed E-state index contributed by atoms with van der Waals surface area (Å²) in [6, 6.07) is 0.197. The predicted octanol–water partition coefficient (Wildman–Crippen LogP) is 2.97. The summed E-state index contributed by atoms with van der Waals surface area (Å²) >= 11 is 6.89. The second kappa shape index (κ2) is 9.69. The first-order chi connectivity index (χ1) is 13.5. The zero-order chi connectivity index (χ0) is 20.1. The van der Waals surface area contributed by atoms with Gasteiger partial charge in [0.15, 0.2) is 5.11 Å². The third-order valence-corrected chi connectivity index (χ3v) is 6.63. The van der Waals surface area contributed by atoms with Crippen LogP contribution in [-0.4, -0.2) is 36.1 Å². The number of rotatable bonds is 8. The van der Waals surface area contributed by atoms with Gasteiger partial charge in [0.25, 0.3) is 5.91 Å². The van der Waals surface area contributed by atoms with Gasteiger partial charge in [0, 0.05) is 29.9 Å². The molecule has 1 fully saturated rings. The number of carbonyl (C=O) groups is 2. The fraction of sp³-hybridized carbons (Fsp3) is 0.650. The van der Waals surface area contributed by atoms with Crippen molar-refractivity contribution >= 4 is 45.5 Å². The summed E-state index contributed by atoms with van der Waals surface area (Å²) in [5, 5.41) is 13.9. The van der Waals surface area contributed by atoms with E-state index in [1.807, 2.05) is 6.92 Å². The van der Waals surface area contributed by atoms with Gasteiger partial charge in [-0.1, -0.05) is 13.3 Å². The van der Waals surface area contributed by atoms with Crippen LogP contribution in [0.5, 0.6) is 0 Å². The first-order valence-electron chi connectivity index (χ1n) is 10.3. The molecule has 2 aliphatic carbocycles. The number of anilines is 1. The Morgan fingerprint density at radius 3 is 2.64 bits per heavy atom. The number of unbranched alkanes of at least 4 members (excludes halogenated alkanes) is 1. The van der Waals surface area contributed by atoms with E-state index in [9.17, 15) is 9.59 Å². The number of aryl methyl sites for hydroxylation is 1. The van der Waals surface area contributed by atoms with E-state index in [0.717, 1.165) is 57.1 Å². The van der Waals surface area contributed by atoms with E-state index in [4.69, 9.17) is 12.2 Å². The molecule has 1 aromatic heterocycles.